The second kappa shape index (κ2) is 3.36. The van der Waals surface area contributed by atoms with Gasteiger partial charge in [0.05, 0.1) is 17.9 Å². The number of aromatic nitrogens is 2. The van der Waals surface area contributed by atoms with Crippen molar-refractivity contribution in [3.8, 4) is 0 Å². The van der Waals surface area contributed by atoms with E-state index in [-0.39, 0.29) is 6.04 Å². The van der Waals surface area contributed by atoms with Crippen molar-refractivity contribution in [1.82, 2.24) is 9.78 Å². The lowest BCUT2D eigenvalue weighted by Crippen LogP contribution is -2.24. The molecule has 72 valence electrons. The number of anilines is 1. The number of alkyl halides is 1. The zero-order valence-corrected chi connectivity index (χ0v) is 7.49. The molecule has 2 atom stereocenters. The van der Waals surface area contributed by atoms with Crippen LogP contribution in [0.15, 0.2) is 12.4 Å². The molecular formula is C9H14FN3. The molecule has 0 saturated heterocycles. The predicted octanol–water partition coefficient (Wildman–Crippen LogP) is 1.92. The average molecular weight is 183 g/mol. The zero-order chi connectivity index (χ0) is 9.26. The summed E-state index contributed by atoms with van der Waals surface area (Å²) >= 11 is 0. The monoisotopic (exact) mass is 183 g/mol. The maximum atomic E-state index is 13.4. The molecule has 0 radical (unpaired) electrons. The van der Waals surface area contributed by atoms with Gasteiger partial charge in [-0.25, -0.2) is 4.39 Å². The molecule has 1 aliphatic carbocycles. The number of hydrogen-bond acceptors (Lipinski definition) is 2. The molecule has 0 amide bonds. The Bertz CT molecular complexity index is 284. The first-order chi connectivity index (χ1) is 6.27. The maximum absolute atomic E-state index is 13.4. The van der Waals surface area contributed by atoms with Gasteiger partial charge < -0.3 is 5.73 Å². The first-order valence-corrected chi connectivity index (χ1v) is 4.71. The zero-order valence-electron chi connectivity index (χ0n) is 7.49. The van der Waals surface area contributed by atoms with Gasteiger partial charge in [-0.05, 0) is 12.8 Å². The van der Waals surface area contributed by atoms with Gasteiger partial charge in [-0.2, -0.15) is 5.10 Å². The van der Waals surface area contributed by atoms with Gasteiger partial charge in [0.1, 0.15) is 6.17 Å². The van der Waals surface area contributed by atoms with Crippen LogP contribution in [0.3, 0.4) is 0 Å². The lowest BCUT2D eigenvalue weighted by Gasteiger charge is -2.25. The number of halogens is 1. The SMILES string of the molecule is Nc1cnn(C2CCCCC2F)c1. The first kappa shape index (κ1) is 8.53. The molecule has 0 spiro atoms. The summed E-state index contributed by atoms with van der Waals surface area (Å²) in [5.74, 6) is 0. The quantitative estimate of drug-likeness (QED) is 0.722. The minimum absolute atomic E-state index is 0.0916. The summed E-state index contributed by atoms with van der Waals surface area (Å²) in [6.45, 7) is 0. The largest absolute Gasteiger partial charge is 0.396 e. The summed E-state index contributed by atoms with van der Waals surface area (Å²) in [7, 11) is 0. The highest BCUT2D eigenvalue weighted by Gasteiger charge is 2.26. The van der Waals surface area contributed by atoms with E-state index in [0.29, 0.717) is 12.1 Å². The molecule has 1 heterocycles. The Morgan fingerprint density at radius 2 is 2.23 bits per heavy atom. The number of nitrogens with two attached hydrogens (primary N) is 1. The van der Waals surface area contributed by atoms with Crippen LogP contribution in [0.5, 0.6) is 0 Å². The van der Waals surface area contributed by atoms with E-state index in [4.69, 9.17) is 5.73 Å². The third-order valence-electron chi connectivity index (χ3n) is 2.61. The molecule has 1 aromatic heterocycles. The lowest BCUT2D eigenvalue weighted by molar-refractivity contribution is 0.160. The fourth-order valence-corrected chi connectivity index (χ4v) is 1.90. The third kappa shape index (κ3) is 1.66. The van der Waals surface area contributed by atoms with Crippen molar-refractivity contribution in [1.29, 1.82) is 0 Å². The summed E-state index contributed by atoms with van der Waals surface area (Å²) in [5.41, 5.74) is 6.13. The van der Waals surface area contributed by atoms with E-state index in [1.165, 1.54) is 0 Å². The van der Waals surface area contributed by atoms with Crippen LogP contribution in [-0.4, -0.2) is 16.0 Å². The van der Waals surface area contributed by atoms with E-state index < -0.39 is 6.17 Å². The van der Waals surface area contributed by atoms with Crippen molar-refractivity contribution in [2.24, 2.45) is 0 Å². The van der Waals surface area contributed by atoms with Gasteiger partial charge >= 0.3 is 0 Å². The van der Waals surface area contributed by atoms with Crippen molar-refractivity contribution < 1.29 is 4.39 Å². The van der Waals surface area contributed by atoms with Gasteiger partial charge in [-0.1, -0.05) is 12.8 Å². The summed E-state index contributed by atoms with van der Waals surface area (Å²) in [5, 5.41) is 4.04. The van der Waals surface area contributed by atoms with Crippen molar-refractivity contribution in [3.63, 3.8) is 0 Å². The second-order valence-corrected chi connectivity index (χ2v) is 3.62. The Labute approximate surface area is 76.7 Å². The molecule has 3 nitrogen and oxygen atoms in total. The van der Waals surface area contributed by atoms with E-state index >= 15 is 0 Å². The Hall–Kier alpha value is -1.06. The van der Waals surface area contributed by atoms with Crippen molar-refractivity contribution in [2.45, 2.75) is 37.9 Å². The predicted molar refractivity (Wildman–Crippen MR) is 49.0 cm³/mol. The minimum Gasteiger partial charge on any atom is -0.396 e. The van der Waals surface area contributed by atoms with Crippen LogP contribution in [0, 0.1) is 0 Å². The van der Waals surface area contributed by atoms with Crippen LogP contribution in [0.4, 0.5) is 10.1 Å². The normalized spacial score (nSPS) is 29.0. The van der Waals surface area contributed by atoms with E-state index in [1.807, 2.05) is 0 Å². The Kier molecular flexibility index (Phi) is 2.20. The van der Waals surface area contributed by atoms with E-state index in [1.54, 1.807) is 17.1 Å². The molecular weight excluding hydrogens is 169 g/mol. The first-order valence-electron chi connectivity index (χ1n) is 4.71. The molecule has 4 heteroatoms. The molecule has 1 aromatic rings. The molecule has 0 bridgehead atoms. The van der Waals surface area contributed by atoms with Crippen LogP contribution in [0.1, 0.15) is 31.7 Å². The van der Waals surface area contributed by atoms with Crippen molar-refractivity contribution in [3.05, 3.63) is 12.4 Å². The van der Waals surface area contributed by atoms with Gasteiger partial charge in [0.25, 0.3) is 0 Å². The van der Waals surface area contributed by atoms with Gasteiger partial charge in [-0.15, -0.1) is 0 Å². The molecule has 1 saturated carbocycles. The van der Waals surface area contributed by atoms with E-state index in [0.717, 1.165) is 19.3 Å². The van der Waals surface area contributed by atoms with Gasteiger partial charge in [0, 0.05) is 6.20 Å². The smallest absolute Gasteiger partial charge is 0.122 e. The number of hydrogen-bond donors (Lipinski definition) is 1. The molecule has 2 N–H and O–H groups in total. The molecule has 2 rings (SSSR count). The van der Waals surface area contributed by atoms with Crippen LogP contribution < -0.4 is 5.73 Å². The Morgan fingerprint density at radius 3 is 2.85 bits per heavy atom. The minimum atomic E-state index is -0.756. The standard InChI is InChI=1S/C9H14FN3/c10-8-3-1-2-4-9(8)13-6-7(11)5-12-13/h5-6,8-9H,1-4,11H2. The van der Waals surface area contributed by atoms with Gasteiger partial charge in [0.2, 0.25) is 0 Å². The van der Waals surface area contributed by atoms with Crippen LogP contribution in [0.25, 0.3) is 0 Å². The molecule has 2 unspecified atom stereocenters. The molecule has 0 aromatic carbocycles. The highest BCUT2D eigenvalue weighted by Crippen LogP contribution is 2.30. The highest BCUT2D eigenvalue weighted by molar-refractivity contribution is 5.30. The number of nitrogens with zero attached hydrogens (tertiary/aromatic N) is 2. The Balaban J connectivity index is 2.14. The van der Waals surface area contributed by atoms with E-state index in [9.17, 15) is 4.39 Å². The molecule has 0 aliphatic heterocycles. The fraction of sp³-hybridized carbons (Fsp3) is 0.667. The van der Waals surface area contributed by atoms with Gasteiger partial charge in [-0.3, -0.25) is 4.68 Å². The number of nitrogen functional groups attached to an aromatic ring is 1. The Morgan fingerprint density at radius 1 is 1.46 bits per heavy atom. The summed E-state index contributed by atoms with van der Waals surface area (Å²) in [6.07, 6.45) is 6.14. The van der Waals surface area contributed by atoms with E-state index in [2.05, 4.69) is 5.10 Å². The lowest BCUT2D eigenvalue weighted by atomic mass is 9.94. The molecule has 13 heavy (non-hydrogen) atoms. The topological polar surface area (TPSA) is 43.8 Å². The summed E-state index contributed by atoms with van der Waals surface area (Å²) < 4.78 is 15.1. The second-order valence-electron chi connectivity index (χ2n) is 3.62. The average Bonchev–Trinajstić information content (AvgIpc) is 2.53. The number of rotatable bonds is 1. The summed E-state index contributed by atoms with van der Waals surface area (Å²) in [6, 6.07) is -0.0916. The third-order valence-corrected chi connectivity index (χ3v) is 2.61. The summed E-state index contributed by atoms with van der Waals surface area (Å²) in [4.78, 5) is 0. The van der Waals surface area contributed by atoms with Crippen LogP contribution >= 0.6 is 0 Å². The molecule has 1 aliphatic rings. The maximum Gasteiger partial charge on any atom is 0.122 e. The molecule has 1 fully saturated rings. The van der Waals surface area contributed by atoms with Crippen molar-refractivity contribution >= 4 is 5.69 Å². The van der Waals surface area contributed by atoms with Gasteiger partial charge in [0.15, 0.2) is 0 Å². The van der Waals surface area contributed by atoms with Crippen molar-refractivity contribution in [2.75, 3.05) is 5.73 Å². The fourth-order valence-electron chi connectivity index (χ4n) is 1.90. The highest BCUT2D eigenvalue weighted by atomic mass is 19.1. The van der Waals surface area contributed by atoms with Crippen LogP contribution in [-0.2, 0) is 0 Å². The van der Waals surface area contributed by atoms with Crippen LogP contribution in [0.2, 0.25) is 0 Å².